The van der Waals surface area contributed by atoms with E-state index in [2.05, 4.69) is 19.9 Å². The van der Waals surface area contributed by atoms with Gasteiger partial charge in [0.2, 0.25) is 0 Å². The van der Waals surface area contributed by atoms with Crippen LogP contribution in [-0.2, 0) is 4.74 Å². The van der Waals surface area contributed by atoms with Crippen LogP contribution in [0.3, 0.4) is 0 Å². The molecular formula is C14H23ClN4O3. The van der Waals surface area contributed by atoms with Crippen molar-refractivity contribution in [3.8, 4) is 12.0 Å². The van der Waals surface area contributed by atoms with Crippen LogP contribution in [0, 0.1) is 0 Å². The van der Waals surface area contributed by atoms with E-state index in [0.717, 1.165) is 19.4 Å². The van der Waals surface area contributed by atoms with Gasteiger partial charge in [0, 0.05) is 6.54 Å². The van der Waals surface area contributed by atoms with Gasteiger partial charge in [0.15, 0.2) is 11.4 Å². The van der Waals surface area contributed by atoms with Crippen LogP contribution in [0.4, 0.5) is 0 Å². The molecule has 1 aromatic rings. The van der Waals surface area contributed by atoms with E-state index in [1.807, 2.05) is 20.9 Å². The number of rotatable bonds is 7. The fourth-order valence-electron chi connectivity index (χ4n) is 2.05. The lowest BCUT2D eigenvalue weighted by Crippen LogP contribution is -2.41. The van der Waals surface area contributed by atoms with Crippen molar-refractivity contribution in [3.05, 3.63) is 5.82 Å². The molecule has 0 spiro atoms. The number of morpholine rings is 1. The second-order valence-corrected chi connectivity index (χ2v) is 5.53. The topological polar surface area (TPSA) is 69.6 Å². The summed E-state index contributed by atoms with van der Waals surface area (Å²) in [5, 5.41) is 0. The van der Waals surface area contributed by atoms with Crippen LogP contribution in [0.5, 0.6) is 12.0 Å². The number of halogens is 1. The van der Waals surface area contributed by atoms with E-state index in [1.54, 1.807) is 0 Å². The number of aromatic nitrogens is 3. The van der Waals surface area contributed by atoms with Crippen molar-refractivity contribution in [2.45, 2.75) is 38.3 Å². The highest BCUT2D eigenvalue weighted by molar-refractivity contribution is 6.20. The minimum absolute atomic E-state index is 0.258. The lowest BCUT2D eigenvalue weighted by Gasteiger charge is -2.34. The van der Waals surface area contributed by atoms with Crippen molar-refractivity contribution in [3.63, 3.8) is 0 Å². The van der Waals surface area contributed by atoms with Crippen LogP contribution in [0.2, 0.25) is 0 Å². The van der Waals surface area contributed by atoms with Gasteiger partial charge in [0.25, 0.3) is 0 Å². The highest BCUT2D eigenvalue weighted by Crippen LogP contribution is 2.29. The Hall–Kier alpha value is -1.18. The van der Waals surface area contributed by atoms with E-state index in [9.17, 15) is 0 Å². The molecule has 7 nitrogen and oxygen atoms in total. The van der Waals surface area contributed by atoms with Crippen LogP contribution in [0.1, 0.15) is 38.6 Å². The summed E-state index contributed by atoms with van der Waals surface area (Å²) in [6.07, 6.45) is 1.74. The first-order valence-corrected chi connectivity index (χ1v) is 8.06. The lowest BCUT2D eigenvalue weighted by molar-refractivity contribution is -0.0235. The first-order valence-electron chi connectivity index (χ1n) is 7.63. The molecule has 2 unspecified atom stereocenters. The van der Waals surface area contributed by atoms with E-state index in [0.29, 0.717) is 25.6 Å². The molecule has 1 aliphatic rings. The Morgan fingerprint density at radius 3 is 2.23 bits per heavy atom. The molecule has 1 saturated heterocycles. The summed E-state index contributed by atoms with van der Waals surface area (Å²) in [5.41, 5.74) is -0.515. The zero-order valence-corrected chi connectivity index (χ0v) is 14.0. The van der Waals surface area contributed by atoms with Crippen LogP contribution in [0.25, 0.3) is 0 Å². The molecular weight excluding hydrogens is 308 g/mol. The molecule has 8 heteroatoms. The average molecular weight is 331 g/mol. The third-order valence-corrected chi connectivity index (χ3v) is 3.56. The van der Waals surface area contributed by atoms with Gasteiger partial charge in [0.05, 0.1) is 19.8 Å². The molecule has 1 aliphatic heterocycles. The van der Waals surface area contributed by atoms with Gasteiger partial charge in [0.1, 0.15) is 6.04 Å². The molecule has 2 rings (SSSR count). The fourth-order valence-corrected chi connectivity index (χ4v) is 2.45. The van der Waals surface area contributed by atoms with E-state index >= 15 is 0 Å². The Kier molecular flexibility index (Phi) is 6.60. The van der Waals surface area contributed by atoms with Gasteiger partial charge in [-0.25, -0.2) is 0 Å². The summed E-state index contributed by atoms with van der Waals surface area (Å²) < 4.78 is 16.6. The molecule has 0 amide bonds. The first-order chi connectivity index (χ1) is 10.7. The summed E-state index contributed by atoms with van der Waals surface area (Å²) in [6, 6.07) is 0.271. The number of likely N-dealkylation sites (N-methyl/N-ethyl adjacent to an activating group) is 1. The highest BCUT2D eigenvalue weighted by atomic mass is 35.5. The van der Waals surface area contributed by atoms with Gasteiger partial charge in [-0.15, -0.1) is 4.98 Å². The molecule has 0 radical (unpaired) electrons. The van der Waals surface area contributed by atoms with Crippen molar-refractivity contribution in [2.24, 2.45) is 0 Å². The molecule has 0 saturated carbocycles. The molecule has 0 bridgehead atoms. The van der Waals surface area contributed by atoms with E-state index in [4.69, 9.17) is 25.8 Å². The predicted molar refractivity (Wildman–Crippen MR) is 82.4 cm³/mol. The van der Waals surface area contributed by atoms with Gasteiger partial charge in [-0.2, -0.15) is 9.97 Å². The molecule has 0 aromatic carbocycles. The summed E-state index contributed by atoms with van der Waals surface area (Å²) in [7, 11) is 1.96. The summed E-state index contributed by atoms with van der Waals surface area (Å²) in [5.74, 6) is 0.509. The average Bonchev–Trinajstić information content (AvgIpc) is 2.50. The Balaban J connectivity index is 2.26. The number of hydrogen-bond acceptors (Lipinski definition) is 7. The largest absolute Gasteiger partial charge is 0.463 e. The summed E-state index contributed by atoms with van der Waals surface area (Å²) in [6.45, 7) is 6.47. The molecule has 1 aromatic heterocycles. The lowest BCUT2D eigenvalue weighted by atomic mass is 10.2. The molecule has 2 atom stereocenters. The predicted octanol–water partition coefficient (Wildman–Crippen LogP) is 2.02. The van der Waals surface area contributed by atoms with Crippen molar-refractivity contribution in [1.82, 2.24) is 19.9 Å². The van der Waals surface area contributed by atoms with E-state index in [-0.39, 0.29) is 18.1 Å². The molecule has 22 heavy (non-hydrogen) atoms. The first kappa shape index (κ1) is 17.2. The van der Waals surface area contributed by atoms with Gasteiger partial charge < -0.3 is 14.2 Å². The SMILES string of the molecule is CCCOc1nc(OCCC)nc(C2C(Cl)OCCN2C)n1. The Labute approximate surface area is 136 Å². The van der Waals surface area contributed by atoms with Crippen LogP contribution in [-0.4, -0.2) is 58.8 Å². The standard InChI is InChI=1S/C14H23ClN4O3/c1-4-7-21-13-16-12(17-14(18-13)22-8-5-2)10-11(15)20-9-6-19(10)3/h10-11H,4-9H2,1-3H3. The fraction of sp³-hybridized carbons (Fsp3) is 0.786. The third kappa shape index (κ3) is 4.41. The van der Waals surface area contributed by atoms with Gasteiger partial charge in [-0.1, -0.05) is 25.4 Å². The number of alkyl halides is 1. The van der Waals surface area contributed by atoms with Crippen molar-refractivity contribution in [1.29, 1.82) is 0 Å². The normalized spacial score (nSPS) is 22.5. The molecule has 124 valence electrons. The van der Waals surface area contributed by atoms with Crippen LogP contribution >= 0.6 is 11.6 Å². The third-order valence-electron chi connectivity index (χ3n) is 3.19. The van der Waals surface area contributed by atoms with Gasteiger partial charge >= 0.3 is 12.0 Å². The number of ether oxygens (including phenoxy) is 3. The zero-order chi connectivity index (χ0) is 15.9. The summed E-state index contributed by atoms with van der Waals surface area (Å²) in [4.78, 5) is 15.0. The Bertz CT molecular complexity index is 441. The monoisotopic (exact) mass is 330 g/mol. The number of hydrogen-bond donors (Lipinski definition) is 0. The van der Waals surface area contributed by atoms with Crippen molar-refractivity contribution < 1.29 is 14.2 Å². The maximum absolute atomic E-state index is 6.28. The minimum atomic E-state index is -0.515. The van der Waals surface area contributed by atoms with Gasteiger partial charge in [-0.05, 0) is 19.9 Å². The maximum atomic E-state index is 6.28. The van der Waals surface area contributed by atoms with E-state index in [1.165, 1.54) is 0 Å². The van der Waals surface area contributed by atoms with Crippen molar-refractivity contribution in [2.75, 3.05) is 33.4 Å². The van der Waals surface area contributed by atoms with Crippen molar-refractivity contribution >= 4 is 11.6 Å². The van der Waals surface area contributed by atoms with E-state index < -0.39 is 5.56 Å². The Morgan fingerprint density at radius 1 is 1.14 bits per heavy atom. The van der Waals surface area contributed by atoms with Crippen LogP contribution < -0.4 is 9.47 Å². The quantitative estimate of drug-likeness (QED) is 0.708. The molecule has 2 heterocycles. The van der Waals surface area contributed by atoms with Crippen LogP contribution in [0.15, 0.2) is 0 Å². The summed E-state index contributed by atoms with van der Waals surface area (Å²) >= 11 is 6.28. The second kappa shape index (κ2) is 8.45. The highest BCUT2D eigenvalue weighted by Gasteiger charge is 2.33. The zero-order valence-electron chi connectivity index (χ0n) is 13.3. The molecule has 1 fully saturated rings. The smallest absolute Gasteiger partial charge is 0.322 e. The minimum Gasteiger partial charge on any atom is -0.463 e. The maximum Gasteiger partial charge on any atom is 0.322 e. The molecule has 0 aliphatic carbocycles. The number of nitrogens with zero attached hydrogens (tertiary/aromatic N) is 4. The second-order valence-electron chi connectivity index (χ2n) is 5.10. The van der Waals surface area contributed by atoms with Gasteiger partial charge in [-0.3, -0.25) is 4.90 Å². The molecule has 0 N–H and O–H groups in total. The Morgan fingerprint density at radius 2 is 1.73 bits per heavy atom.